The molecule has 0 saturated carbocycles. The predicted octanol–water partition coefficient (Wildman–Crippen LogP) is 4.63. The molecule has 1 aromatic rings. The van der Waals surface area contributed by atoms with Crippen LogP contribution in [-0.2, 0) is 0 Å². The molecule has 0 aliphatic carbocycles. The van der Waals surface area contributed by atoms with Gasteiger partial charge in [0.05, 0.1) is 3.79 Å². The van der Waals surface area contributed by atoms with Crippen molar-refractivity contribution in [3.63, 3.8) is 0 Å². The van der Waals surface area contributed by atoms with Crippen LogP contribution in [0, 0.1) is 0 Å². The lowest BCUT2D eigenvalue weighted by Crippen LogP contribution is -2.48. The van der Waals surface area contributed by atoms with E-state index in [-0.39, 0.29) is 24.8 Å². The van der Waals surface area contributed by atoms with Crippen molar-refractivity contribution in [2.24, 2.45) is 0 Å². The fraction of sp³-hybridized carbons (Fsp3) is 0.600. The van der Waals surface area contributed by atoms with E-state index in [0.717, 1.165) is 11.3 Å². The molecule has 118 valence electrons. The Labute approximate surface area is 148 Å². The highest BCUT2D eigenvalue weighted by Crippen LogP contribution is 2.44. The first-order chi connectivity index (χ1) is 8.39. The number of halogens is 7. The Kier molecular flexibility index (Phi) is 8.95. The summed E-state index contributed by atoms with van der Waals surface area (Å²) in [5.74, 6) is 0. The van der Waals surface area contributed by atoms with Crippen molar-refractivity contribution < 1.29 is 13.2 Å². The van der Waals surface area contributed by atoms with Crippen molar-refractivity contribution in [3.8, 4) is 0 Å². The number of thiophene rings is 1. The van der Waals surface area contributed by atoms with E-state index in [1.54, 1.807) is 6.07 Å². The molecule has 20 heavy (non-hydrogen) atoms. The zero-order valence-corrected chi connectivity index (χ0v) is 15.7. The van der Waals surface area contributed by atoms with Gasteiger partial charge in [-0.15, -0.1) is 36.2 Å². The van der Waals surface area contributed by atoms with Gasteiger partial charge in [-0.1, -0.05) is 0 Å². The van der Waals surface area contributed by atoms with E-state index in [9.17, 15) is 13.2 Å². The molecule has 0 amide bonds. The van der Waals surface area contributed by atoms with E-state index in [1.165, 1.54) is 4.90 Å². The summed E-state index contributed by atoms with van der Waals surface area (Å²) in [6.45, 7) is 2.02. The van der Waals surface area contributed by atoms with Gasteiger partial charge in [0.15, 0.2) is 0 Å². The maximum atomic E-state index is 13.2. The summed E-state index contributed by atoms with van der Waals surface area (Å²) in [7, 11) is 0. The largest absolute Gasteiger partial charge is 0.408 e. The van der Waals surface area contributed by atoms with Crippen molar-refractivity contribution in [1.82, 2.24) is 10.2 Å². The summed E-state index contributed by atoms with van der Waals surface area (Å²) < 4.78 is 41.1. The topological polar surface area (TPSA) is 15.3 Å². The molecule has 2 rings (SSSR count). The average Bonchev–Trinajstić information content (AvgIpc) is 2.58. The number of hydrogen-bond acceptors (Lipinski definition) is 3. The summed E-state index contributed by atoms with van der Waals surface area (Å²) in [5.41, 5.74) is 0. The van der Waals surface area contributed by atoms with E-state index in [1.807, 2.05) is 0 Å². The number of hydrogen-bond donors (Lipinski definition) is 1. The van der Waals surface area contributed by atoms with Crippen LogP contribution in [0.3, 0.4) is 0 Å². The van der Waals surface area contributed by atoms with Gasteiger partial charge in [0.1, 0.15) is 6.04 Å². The number of piperazine rings is 1. The minimum Gasteiger partial charge on any atom is -0.314 e. The SMILES string of the molecule is Cl.Cl.FC(F)(F)[C@@H](c1cc(Br)c(Br)s1)N1CCNCC1. The van der Waals surface area contributed by atoms with Crippen LogP contribution in [0.2, 0.25) is 0 Å². The third-order valence-electron chi connectivity index (χ3n) is 2.76. The van der Waals surface area contributed by atoms with Gasteiger partial charge >= 0.3 is 6.18 Å². The highest BCUT2D eigenvalue weighted by Gasteiger charge is 2.45. The Morgan fingerprint density at radius 2 is 1.75 bits per heavy atom. The normalized spacial score (nSPS) is 18.1. The summed E-state index contributed by atoms with van der Waals surface area (Å²) in [4.78, 5) is 1.81. The molecule has 1 N–H and O–H groups in total. The second-order valence-electron chi connectivity index (χ2n) is 4.00. The quantitative estimate of drug-likeness (QED) is 0.664. The lowest BCUT2D eigenvalue weighted by Gasteiger charge is -2.35. The second-order valence-corrected chi connectivity index (χ2v) is 7.26. The molecule has 2 heterocycles. The molecule has 0 spiro atoms. The lowest BCUT2D eigenvalue weighted by molar-refractivity contribution is -0.186. The smallest absolute Gasteiger partial charge is 0.314 e. The molecule has 1 aromatic heterocycles. The number of rotatable bonds is 2. The molecular weight excluding hydrogens is 468 g/mol. The number of alkyl halides is 3. The third kappa shape index (κ3) is 5.00. The number of nitrogens with one attached hydrogen (secondary N) is 1. The van der Waals surface area contributed by atoms with Gasteiger partial charge in [0, 0.05) is 35.5 Å². The van der Waals surface area contributed by atoms with Gasteiger partial charge in [-0.25, -0.2) is 0 Å². The zero-order valence-electron chi connectivity index (χ0n) is 10.0. The molecule has 0 bridgehead atoms. The average molecular weight is 481 g/mol. The molecular formula is C10H13Br2Cl2F3N2S. The van der Waals surface area contributed by atoms with Crippen LogP contribution < -0.4 is 5.32 Å². The van der Waals surface area contributed by atoms with Crippen molar-refractivity contribution in [1.29, 1.82) is 0 Å². The monoisotopic (exact) mass is 478 g/mol. The first kappa shape index (κ1) is 20.9. The molecule has 1 atom stereocenters. The van der Waals surface area contributed by atoms with Crippen LogP contribution in [0.15, 0.2) is 14.3 Å². The van der Waals surface area contributed by atoms with E-state index in [2.05, 4.69) is 37.2 Å². The number of nitrogens with zero attached hydrogens (tertiary/aromatic N) is 1. The highest BCUT2D eigenvalue weighted by atomic mass is 79.9. The van der Waals surface area contributed by atoms with Gasteiger partial charge in [-0.2, -0.15) is 13.2 Å². The minimum absolute atomic E-state index is 0. The Bertz CT molecular complexity index is 406. The van der Waals surface area contributed by atoms with Crippen molar-refractivity contribution >= 4 is 68.0 Å². The standard InChI is InChI=1S/C10H11Br2F3N2S.2ClH/c11-6-5-7(18-9(6)12)8(10(13,14)15)17-3-1-16-2-4-17;;/h5,8,16H,1-4H2;2*1H/t8-;;/m1../s1. The Hall–Kier alpha value is 0.950. The molecule has 0 radical (unpaired) electrons. The summed E-state index contributed by atoms with van der Waals surface area (Å²) in [6.07, 6.45) is -4.25. The van der Waals surface area contributed by atoms with Crippen LogP contribution in [0.5, 0.6) is 0 Å². The van der Waals surface area contributed by atoms with Crippen molar-refractivity contribution in [3.05, 3.63) is 19.2 Å². The van der Waals surface area contributed by atoms with Crippen molar-refractivity contribution in [2.45, 2.75) is 12.2 Å². The maximum Gasteiger partial charge on any atom is 0.408 e. The molecule has 0 unspecified atom stereocenters. The summed E-state index contributed by atoms with van der Waals surface area (Å²) in [5, 5.41) is 3.06. The molecule has 1 aliphatic rings. The molecule has 2 nitrogen and oxygen atoms in total. The van der Waals surface area contributed by atoms with Crippen LogP contribution in [0.4, 0.5) is 13.2 Å². The zero-order chi connectivity index (χ0) is 13.3. The molecule has 10 heteroatoms. The summed E-state index contributed by atoms with van der Waals surface area (Å²) >= 11 is 7.62. The Morgan fingerprint density at radius 1 is 1.20 bits per heavy atom. The summed E-state index contributed by atoms with van der Waals surface area (Å²) in [6, 6.07) is 0.0433. The Morgan fingerprint density at radius 3 is 2.15 bits per heavy atom. The van der Waals surface area contributed by atoms with Gasteiger partial charge in [-0.05, 0) is 37.9 Å². The molecule has 1 fully saturated rings. The van der Waals surface area contributed by atoms with Crippen LogP contribution in [0.1, 0.15) is 10.9 Å². The van der Waals surface area contributed by atoms with E-state index < -0.39 is 12.2 Å². The molecule has 0 aromatic carbocycles. The van der Waals surface area contributed by atoms with Crippen molar-refractivity contribution in [2.75, 3.05) is 26.2 Å². The molecule has 1 saturated heterocycles. The van der Waals surface area contributed by atoms with Gasteiger partial charge < -0.3 is 5.32 Å². The fourth-order valence-corrected chi connectivity index (χ4v) is 4.24. The second kappa shape index (κ2) is 8.55. The first-order valence-electron chi connectivity index (χ1n) is 5.36. The van der Waals surface area contributed by atoms with Gasteiger partial charge in [0.25, 0.3) is 0 Å². The maximum absolute atomic E-state index is 13.2. The van der Waals surface area contributed by atoms with E-state index in [4.69, 9.17) is 0 Å². The minimum atomic E-state index is -4.25. The first-order valence-corrected chi connectivity index (χ1v) is 7.76. The van der Waals surface area contributed by atoms with E-state index >= 15 is 0 Å². The lowest BCUT2D eigenvalue weighted by atomic mass is 10.1. The van der Waals surface area contributed by atoms with Crippen LogP contribution in [-0.4, -0.2) is 37.3 Å². The highest BCUT2D eigenvalue weighted by molar-refractivity contribution is 9.13. The predicted molar refractivity (Wildman–Crippen MR) is 87.5 cm³/mol. The van der Waals surface area contributed by atoms with Gasteiger partial charge in [-0.3, -0.25) is 4.90 Å². The van der Waals surface area contributed by atoms with Crippen LogP contribution in [0.25, 0.3) is 0 Å². The molecule has 1 aliphatic heterocycles. The van der Waals surface area contributed by atoms with Gasteiger partial charge in [0.2, 0.25) is 0 Å². The third-order valence-corrected chi connectivity index (χ3v) is 6.07. The fourth-order valence-electron chi connectivity index (χ4n) is 1.99. The van der Waals surface area contributed by atoms with Crippen LogP contribution >= 0.6 is 68.0 Å². The van der Waals surface area contributed by atoms with E-state index in [0.29, 0.717) is 39.3 Å². The Balaban J connectivity index is 0.00000180.